The zero-order valence-electron chi connectivity index (χ0n) is 10.2. The Morgan fingerprint density at radius 2 is 2.27 bits per heavy atom. The van der Waals surface area contributed by atoms with Gasteiger partial charge < -0.3 is 4.74 Å². The molecule has 0 aromatic carbocycles. The Morgan fingerprint density at radius 1 is 1.53 bits per heavy atom. The second-order valence-corrected chi connectivity index (χ2v) is 4.42. The molecule has 1 aliphatic rings. The average molecular weight is 213 g/mol. The fraction of sp³-hybridized carbons (Fsp3) is 0.917. The Morgan fingerprint density at radius 3 is 2.80 bits per heavy atom. The van der Waals surface area contributed by atoms with Crippen molar-refractivity contribution in [3.8, 4) is 0 Å². The molecular formula is C12H23NO2. The van der Waals surface area contributed by atoms with Gasteiger partial charge in [0.15, 0.2) is 0 Å². The van der Waals surface area contributed by atoms with Gasteiger partial charge in [0.1, 0.15) is 0 Å². The number of carbonyl (C=O) groups excluding carboxylic acids is 1. The topological polar surface area (TPSA) is 29.5 Å². The van der Waals surface area contributed by atoms with Gasteiger partial charge >= 0.3 is 5.97 Å². The highest BCUT2D eigenvalue weighted by Crippen LogP contribution is 2.22. The highest BCUT2D eigenvalue weighted by molar-refractivity contribution is 5.70. The van der Waals surface area contributed by atoms with Crippen LogP contribution >= 0.6 is 0 Å². The molecule has 0 saturated carbocycles. The van der Waals surface area contributed by atoms with Gasteiger partial charge in [0.2, 0.25) is 0 Å². The summed E-state index contributed by atoms with van der Waals surface area (Å²) >= 11 is 0. The molecule has 15 heavy (non-hydrogen) atoms. The lowest BCUT2D eigenvalue weighted by atomic mass is 10.1. The van der Waals surface area contributed by atoms with Gasteiger partial charge in [-0.25, -0.2) is 0 Å². The second kappa shape index (κ2) is 6.11. The smallest absolute Gasteiger partial charge is 0.307 e. The minimum absolute atomic E-state index is 0.0649. The summed E-state index contributed by atoms with van der Waals surface area (Å²) in [6, 6.07) is 0.334. The van der Waals surface area contributed by atoms with E-state index in [4.69, 9.17) is 4.74 Å². The number of esters is 1. The number of carbonyl (C=O) groups is 1. The molecule has 1 aliphatic heterocycles. The van der Waals surface area contributed by atoms with Crippen LogP contribution in [0.15, 0.2) is 0 Å². The largest absolute Gasteiger partial charge is 0.466 e. The Balaban J connectivity index is 2.28. The minimum atomic E-state index is -0.0649. The third-order valence-electron chi connectivity index (χ3n) is 3.29. The van der Waals surface area contributed by atoms with Gasteiger partial charge in [-0.1, -0.05) is 13.3 Å². The number of rotatable bonds is 5. The van der Waals surface area contributed by atoms with Crippen molar-refractivity contribution in [2.45, 2.75) is 46.1 Å². The molecule has 3 heteroatoms. The third kappa shape index (κ3) is 3.82. The predicted molar refractivity (Wildman–Crippen MR) is 60.7 cm³/mol. The van der Waals surface area contributed by atoms with Crippen LogP contribution in [0.4, 0.5) is 0 Å². The summed E-state index contributed by atoms with van der Waals surface area (Å²) < 4.78 is 4.96. The van der Waals surface area contributed by atoms with Crippen molar-refractivity contribution in [1.82, 2.24) is 4.90 Å². The lowest BCUT2D eigenvalue weighted by molar-refractivity contribution is -0.144. The molecule has 88 valence electrons. The van der Waals surface area contributed by atoms with Crippen molar-refractivity contribution in [2.75, 3.05) is 19.7 Å². The molecule has 0 aromatic heterocycles. The Bertz CT molecular complexity index is 206. The van der Waals surface area contributed by atoms with Crippen LogP contribution in [-0.4, -0.2) is 36.6 Å². The first kappa shape index (κ1) is 12.5. The predicted octanol–water partition coefficient (Wildman–Crippen LogP) is 2.06. The maximum absolute atomic E-state index is 11.3. The molecule has 1 fully saturated rings. The Kier molecular flexibility index (Phi) is 5.09. The van der Waals surface area contributed by atoms with E-state index in [0.717, 1.165) is 19.0 Å². The first-order chi connectivity index (χ1) is 7.17. The molecule has 1 rings (SSSR count). The van der Waals surface area contributed by atoms with Crippen molar-refractivity contribution in [1.29, 1.82) is 0 Å². The second-order valence-electron chi connectivity index (χ2n) is 4.42. The number of likely N-dealkylation sites (tertiary alicyclic amines) is 1. The quantitative estimate of drug-likeness (QED) is 0.655. The normalized spacial score (nSPS) is 24.1. The molecule has 1 saturated heterocycles. The van der Waals surface area contributed by atoms with Crippen LogP contribution in [0.5, 0.6) is 0 Å². The fourth-order valence-electron chi connectivity index (χ4n) is 2.19. The summed E-state index contributed by atoms with van der Waals surface area (Å²) in [6.07, 6.45) is 3.07. The SMILES string of the molecule is CCOC(=O)CC(C)N1CCC(CC)C1. The molecule has 2 atom stereocenters. The van der Waals surface area contributed by atoms with Gasteiger partial charge in [-0.15, -0.1) is 0 Å². The van der Waals surface area contributed by atoms with Crippen molar-refractivity contribution in [2.24, 2.45) is 5.92 Å². The molecule has 0 N–H and O–H groups in total. The summed E-state index contributed by atoms with van der Waals surface area (Å²) in [7, 11) is 0. The molecule has 0 spiro atoms. The van der Waals surface area contributed by atoms with Gasteiger partial charge in [0.05, 0.1) is 13.0 Å². The van der Waals surface area contributed by atoms with Crippen LogP contribution in [0, 0.1) is 5.92 Å². The lowest BCUT2D eigenvalue weighted by Gasteiger charge is -2.23. The van der Waals surface area contributed by atoms with Crippen LogP contribution in [0.3, 0.4) is 0 Å². The maximum atomic E-state index is 11.3. The van der Waals surface area contributed by atoms with Crippen molar-refractivity contribution in [3.05, 3.63) is 0 Å². The molecule has 0 aromatic rings. The first-order valence-corrected chi connectivity index (χ1v) is 6.07. The summed E-state index contributed by atoms with van der Waals surface area (Å²) in [5.41, 5.74) is 0. The van der Waals surface area contributed by atoms with E-state index < -0.39 is 0 Å². The molecule has 3 nitrogen and oxygen atoms in total. The van der Waals surface area contributed by atoms with Crippen LogP contribution in [0.25, 0.3) is 0 Å². The van der Waals surface area contributed by atoms with E-state index in [1.807, 2.05) is 6.92 Å². The standard InChI is InChI=1S/C12H23NO2/c1-4-11-6-7-13(9-11)10(3)8-12(14)15-5-2/h10-11H,4-9H2,1-3H3. The summed E-state index contributed by atoms with van der Waals surface area (Å²) in [5.74, 6) is 0.764. The highest BCUT2D eigenvalue weighted by Gasteiger charge is 2.26. The number of ether oxygens (including phenoxy) is 1. The van der Waals surface area contributed by atoms with Gasteiger partial charge in [-0.05, 0) is 32.7 Å². The fourth-order valence-corrected chi connectivity index (χ4v) is 2.19. The lowest BCUT2D eigenvalue weighted by Crippen LogP contribution is -2.33. The molecule has 0 bridgehead atoms. The number of hydrogen-bond acceptors (Lipinski definition) is 3. The van der Waals surface area contributed by atoms with E-state index in [-0.39, 0.29) is 5.97 Å². The Hall–Kier alpha value is -0.570. The van der Waals surface area contributed by atoms with Gasteiger partial charge in [-0.3, -0.25) is 9.69 Å². The zero-order valence-corrected chi connectivity index (χ0v) is 10.2. The van der Waals surface area contributed by atoms with E-state index in [1.165, 1.54) is 12.8 Å². The van der Waals surface area contributed by atoms with Gasteiger partial charge in [0.25, 0.3) is 0 Å². The van der Waals surface area contributed by atoms with Gasteiger partial charge in [-0.2, -0.15) is 0 Å². The minimum Gasteiger partial charge on any atom is -0.466 e. The summed E-state index contributed by atoms with van der Waals surface area (Å²) in [4.78, 5) is 13.7. The molecule has 0 radical (unpaired) electrons. The number of hydrogen-bond donors (Lipinski definition) is 0. The molecule has 1 heterocycles. The van der Waals surface area contributed by atoms with E-state index in [1.54, 1.807) is 0 Å². The molecule has 2 unspecified atom stereocenters. The van der Waals surface area contributed by atoms with Gasteiger partial charge in [0, 0.05) is 12.6 Å². The Labute approximate surface area is 92.8 Å². The monoisotopic (exact) mass is 213 g/mol. The van der Waals surface area contributed by atoms with Crippen molar-refractivity contribution in [3.63, 3.8) is 0 Å². The third-order valence-corrected chi connectivity index (χ3v) is 3.29. The van der Waals surface area contributed by atoms with E-state index >= 15 is 0 Å². The van der Waals surface area contributed by atoms with E-state index in [2.05, 4.69) is 18.7 Å². The van der Waals surface area contributed by atoms with Crippen LogP contribution < -0.4 is 0 Å². The van der Waals surface area contributed by atoms with Crippen LogP contribution in [0.1, 0.15) is 40.0 Å². The first-order valence-electron chi connectivity index (χ1n) is 6.07. The van der Waals surface area contributed by atoms with E-state index in [9.17, 15) is 4.79 Å². The summed E-state index contributed by atoms with van der Waals surface area (Å²) in [6.45, 7) is 8.99. The highest BCUT2D eigenvalue weighted by atomic mass is 16.5. The van der Waals surface area contributed by atoms with E-state index in [0.29, 0.717) is 19.1 Å². The average Bonchev–Trinajstić information content (AvgIpc) is 2.66. The molecule has 0 amide bonds. The van der Waals surface area contributed by atoms with Crippen molar-refractivity contribution < 1.29 is 9.53 Å². The number of nitrogens with zero attached hydrogens (tertiary/aromatic N) is 1. The van der Waals surface area contributed by atoms with Crippen LogP contribution in [-0.2, 0) is 9.53 Å². The molecular weight excluding hydrogens is 190 g/mol. The van der Waals surface area contributed by atoms with Crippen molar-refractivity contribution >= 4 is 5.97 Å². The zero-order chi connectivity index (χ0) is 11.3. The van der Waals surface area contributed by atoms with Crippen LogP contribution in [0.2, 0.25) is 0 Å². The maximum Gasteiger partial charge on any atom is 0.307 e. The summed E-state index contributed by atoms with van der Waals surface area (Å²) in [5, 5.41) is 0. The molecule has 0 aliphatic carbocycles.